The quantitative estimate of drug-likeness (QED) is 0.743. The van der Waals surface area contributed by atoms with E-state index >= 15 is 0 Å². The summed E-state index contributed by atoms with van der Waals surface area (Å²) in [5, 5.41) is 2.64. The Morgan fingerprint density at radius 3 is 2.48 bits per heavy atom. The molecule has 1 amide bonds. The highest BCUT2D eigenvalue weighted by Crippen LogP contribution is 2.31. The molecule has 2 aromatic rings. The van der Waals surface area contributed by atoms with Crippen LogP contribution >= 0.6 is 0 Å². The molecule has 29 heavy (non-hydrogen) atoms. The first-order valence-electron chi connectivity index (χ1n) is 9.78. The summed E-state index contributed by atoms with van der Waals surface area (Å²) in [7, 11) is 2.10. The van der Waals surface area contributed by atoms with Crippen molar-refractivity contribution in [1.82, 2.24) is 15.1 Å². The summed E-state index contributed by atoms with van der Waals surface area (Å²) < 4.78 is 39.3. The smallest absolute Gasteiger partial charge is 0.352 e. The summed E-state index contributed by atoms with van der Waals surface area (Å²) in [6.07, 6.45) is -3.87. The number of nitrogens with one attached hydrogen (secondary N) is 1. The number of hydrogen-bond acceptors (Lipinski definition) is 3. The molecular formula is C22H26F3N3O. The number of halogens is 3. The summed E-state index contributed by atoms with van der Waals surface area (Å²) >= 11 is 0. The molecular weight excluding hydrogens is 379 g/mol. The van der Waals surface area contributed by atoms with E-state index in [1.807, 2.05) is 18.2 Å². The molecule has 0 aliphatic carbocycles. The molecule has 0 unspecified atom stereocenters. The molecule has 0 aromatic heterocycles. The minimum Gasteiger partial charge on any atom is -0.352 e. The summed E-state index contributed by atoms with van der Waals surface area (Å²) in [6, 6.07) is 15.4. The molecule has 3 rings (SSSR count). The molecule has 1 saturated heterocycles. The van der Waals surface area contributed by atoms with Crippen molar-refractivity contribution in [2.24, 2.45) is 0 Å². The third kappa shape index (κ3) is 5.58. The lowest BCUT2D eigenvalue weighted by atomic mass is 10.0. The largest absolute Gasteiger partial charge is 0.417 e. The lowest BCUT2D eigenvalue weighted by Crippen LogP contribution is -2.47. The Kier molecular flexibility index (Phi) is 6.92. The second-order valence-corrected chi connectivity index (χ2v) is 7.38. The zero-order valence-corrected chi connectivity index (χ0v) is 16.5. The molecule has 4 nitrogen and oxygen atoms in total. The van der Waals surface area contributed by atoms with Crippen LogP contribution in [-0.2, 0) is 6.18 Å². The fourth-order valence-corrected chi connectivity index (χ4v) is 3.72. The fourth-order valence-electron chi connectivity index (χ4n) is 3.72. The van der Waals surface area contributed by atoms with Crippen molar-refractivity contribution in [1.29, 1.82) is 0 Å². The van der Waals surface area contributed by atoms with E-state index in [0.717, 1.165) is 32.2 Å². The highest BCUT2D eigenvalue weighted by molar-refractivity contribution is 5.95. The van der Waals surface area contributed by atoms with E-state index in [2.05, 4.69) is 34.3 Å². The van der Waals surface area contributed by atoms with Crippen LogP contribution in [0, 0.1) is 0 Å². The number of nitrogens with zero attached hydrogens (tertiary/aromatic N) is 2. The van der Waals surface area contributed by atoms with Crippen molar-refractivity contribution < 1.29 is 18.0 Å². The van der Waals surface area contributed by atoms with Crippen LogP contribution in [0.5, 0.6) is 0 Å². The summed E-state index contributed by atoms with van der Waals surface area (Å²) in [4.78, 5) is 16.9. The normalized spacial score (nSPS) is 18.6. The number of rotatable bonds is 6. The minimum atomic E-state index is -4.54. The van der Waals surface area contributed by atoms with Crippen LogP contribution in [0.2, 0.25) is 0 Å². The van der Waals surface area contributed by atoms with Gasteiger partial charge in [-0.2, -0.15) is 13.2 Å². The van der Waals surface area contributed by atoms with E-state index in [-0.39, 0.29) is 11.6 Å². The third-order valence-electron chi connectivity index (χ3n) is 5.26. The van der Waals surface area contributed by atoms with Crippen molar-refractivity contribution in [3.63, 3.8) is 0 Å². The van der Waals surface area contributed by atoms with Crippen LogP contribution in [0.3, 0.4) is 0 Å². The van der Waals surface area contributed by atoms with Crippen molar-refractivity contribution in [2.75, 3.05) is 39.8 Å². The molecule has 7 heteroatoms. The molecule has 2 aromatic carbocycles. The van der Waals surface area contributed by atoms with Crippen LogP contribution < -0.4 is 5.32 Å². The maximum absolute atomic E-state index is 13.1. The number of piperazine rings is 1. The van der Waals surface area contributed by atoms with Gasteiger partial charge in [0.05, 0.1) is 11.1 Å². The first-order chi connectivity index (χ1) is 13.9. The highest BCUT2D eigenvalue weighted by Gasteiger charge is 2.34. The van der Waals surface area contributed by atoms with Gasteiger partial charge in [-0.1, -0.05) is 42.5 Å². The molecule has 1 aliphatic rings. The Hall–Kier alpha value is -2.38. The highest BCUT2D eigenvalue weighted by atomic mass is 19.4. The lowest BCUT2D eigenvalue weighted by Gasteiger charge is -2.40. The van der Waals surface area contributed by atoms with Gasteiger partial charge < -0.3 is 10.2 Å². The van der Waals surface area contributed by atoms with Crippen LogP contribution in [0.25, 0.3) is 0 Å². The molecule has 1 N–H and O–H groups in total. The standard InChI is InChI=1S/C22H26F3N3O/c1-27-14-15-28(20(16-27)17-8-3-2-4-9-17)13-7-12-26-21(29)18-10-5-6-11-19(18)22(23,24)25/h2-6,8-11,20H,7,12-16H2,1H3,(H,26,29)/t20-/m1/s1. The van der Waals surface area contributed by atoms with Gasteiger partial charge in [0.2, 0.25) is 0 Å². The molecule has 1 aliphatic heterocycles. The van der Waals surface area contributed by atoms with E-state index in [1.54, 1.807) is 0 Å². The van der Waals surface area contributed by atoms with Crippen LogP contribution in [-0.4, -0.2) is 55.5 Å². The Balaban J connectivity index is 1.55. The number of carbonyl (C=O) groups is 1. The summed E-state index contributed by atoms with van der Waals surface area (Å²) in [5.41, 5.74) is 0.0182. The first-order valence-corrected chi connectivity index (χ1v) is 9.78. The maximum Gasteiger partial charge on any atom is 0.417 e. The number of likely N-dealkylation sites (N-methyl/N-ethyl adjacent to an activating group) is 1. The molecule has 1 heterocycles. The monoisotopic (exact) mass is 405 g/mol. The Bertz CT molecular complexity index is 810. The van der Waals surface area contributed by atoms with Gasteiger partial charge >= 0.3 is 6.18 Å². The third-order valence-corrected chi connectivity index (χ3v) is 5.26. The van der Waals surface area contributed by atoms with Gasteiger partial charge in [-0.05, 0) is 31.2 Å². The zero-order chi connectivity index (χ0) is 20.9. The van der Waals surface area contributed by atoms with Gasteiger partial charge in [-0.3, -0.25) is 9.69 Å². The van der Waals surface area contributed by atoms with E-state index in [4.69, 9.17) is 0 Å². The lowest BCUT2D eigenvalue weighted by molar-refractivity contribution is -0.137. The van der Waals surface area contributed by atoms with Gasteiger partial charge in [0.15, 0.2) is 0 Å². The van der Waals surface area contributed by atoms with Crippen LogP contribution in [0.15, 0.2) is 54.6 Å². The summed E-state index contributed by atoms with van der Waals surface area (Å²) in [5.74, 6) is -0.684. The molecule has 1 fully saturated rings. The maximum atomic E-state index is 13.1. The van der Waals surface area contributed by atoms with Gasteiger partial charge in [-0.25, -0.2) is 0 Å². The Morgan fingerprint density at radius 1 is 1.07 bits per heavy atom. The average Bonchev–Trinajstić information content (AvgIpc) is 2.72. The number of alkyl halides is 3. The first kappa shape index (κ1) is 21.3. The number of benzene rings is 2. The van der Waals surface area contributed by atoms with Gasteiger partial charge in [0.1, 0.15) is 0 Å². The fraction of sp³-hybridized carbons (Fsp3) is 0.409. The SMILES string of the molecule is CN1CCN(CCCNC(=O)c2ccccc2C(F)(F)F)[C@@H](c2ccccc2)C1. The predicted molar refractivity (Wildman–Crippen MR) is 107 cm³/mol. The van der Waals surface area contributed by atoms with Crippen molar-refractivity contribution in [3.05, 3.63) is 71.3 Å². The molecule has 0 spiro atoms. The van der Waals surface area contributed by atoms with Crippen molar-refractivity contribution >= 4 is 5.91 Å². The topological polar surface area (TPSA) is 35.6 Å². The molecule has 156 valence electrons. The molecule has 0 saturated carbocycles. The Morgan fingerprint density at radius 2 is 1.76 bits per heavy atom. The van der Waals surface area contributed by atoms with Gasteiger partial charge in [0, 0.05) is 38.8 Å². The second-order valence-electron chi connectivity index (χ2n) is 7.38. The predicted octanol–water partition coefficient (Wildman–Crippen LogP) is 3.81. The molecule has 0 bridgehead atoms. The zero-order valence-electron chi connectivity index (χ0n) is 16.5. The van der Waals surface area contributed by atoms with Crippen LogP contribution in [0.4, 0.5) is 13.2 Å². The van der Waals surface area contributed by atoms with E-state index in [1.165, 1.54) is 23.8 Å². The molecule has 0 radical (unpaired) electrons. The van der Waals surface area contributed by atoms with E-state index in [9.17, 15) is 18.0 Å². The van der Waals surface area contributed by atoms with Gasteiger partial charge in [-0.15, -0.1) is 0 Å². The van der Waals surface area contributed by atoms with Gasteiger partial charge in [0.25, 0.3) is 5.91 Å². The van der Waals surface area contributed by atoms with E-state index in [0.29, 0.717) is 13.0 Å². The van der Waals surface area contributed by atoms with Crippen LogP contribution in [0.1, 0.15) is 33.9 Å². The van der Waals surface area contributed by atoms with Crippen molar-refractivity contribution in [2.45, 2.75) is 18.6 Å². The summed E-state index contributed by atoms with van der Waals surface area (Å²) in [6.45, 7) is 3.92. The molecule has 1 atom stereocenters. The minimum absolute atomic E-state index is 0.275. The number of carbonyl (C=O) groups excluding carboxylic acids is 1. The van der Waals surface area contributed by atoms with E-state index < -0.39 is 17.6 Å². The number of amides is 1. The second kappa shape index (κ2) is 9.41. The Labute approximate surface area is 169 Å². The average molecular weight is 405 g/mol. The number of hydrogen-bond donors (Lipinski definition) is 1. The van der Waals surface area contributed by atoms with Crippen molar-refractivity contribution in [3.8, 4) is 0 Å².